The number of carbonyl (C=O) groups excluding carboxylic acids is 2. The van der Waals surface area contributed by atoms with E-state index < -0.39 is 11.9 Å². The first-order valence-electron chi connectivity index (χ1n) is 9.29. The van der Waals surface area contributed by atoms with Crippen LogP contribution in [0.5, 0.6) is 0 Å². The van der Waals surface area contributed by atoms with Crippen molar-refractivity contribution in [2.24, 2.45) is 0 Å². The van der Waals surface area contributed by atoms with Crippen LogP contribution in [0.15, 0.2) is 72.8 Å². The SMILES string of the molecule is CCOC(=O)c1c(-c2ccccc2)ccc(-c2ccccc2)c1C(=O)OCC. The second kappa shape index (κ2) is 9.00. The molecule has 0 radical (unpaired) electrons. The van der Waals surface area contributed by atoms with E-state index in [9.17, 15) is 9.59 Å². The van der Waals surface area contributed by atoms with Crippen LogP contribution in [0.1, 0.15) is 34.6 Å². The topological polar surface area (TPSA) is 52.6 Å². The Morgan fingerprint density at radius 1 is 0.607 bits per heavy atom. The van der Waals surface area contributed by atoms with Crippen molar-refractivity contribution in [3.8, 4) is 22.3 Å². The molecule has 4 nitrogen and oxygen atoms in total. The van der Waals surface area contributed by atoms with E-state index in [0.29, 0.717) is 11.1 Å². The summed E-state index contributed by atoms with van der Waals surface area (Å²) in [5.74, 6) is -1.08. The van der Waals surface area contributed by atoms with Gasteiger partial charge in [-0.15, -0.1) is 0 Å². The van der Waals surface area contributed by atoms with E-state index in [0.717, 1.165) is 11.1 Å². The fraction of sp³-hybridized carbons (Fsp3) is 0.167. The summed E-state index contributed by atoms with van der Waals surface area (Å²) in [6.07, 6.45) is 0. The normalized spacial score (nSPS) is 10.4. The number of hydrogen-bond donors (Lipinski definition) is 0. The highest BCUT2D eigenvalue weighted by Gasteiger charge is 2.27. The first-order valence-corrected chi connectivity index (χ1v) is 9.29. The Hall–Kier alpha value is -3.40. The Kier molecular flexibility index (Phi) is 6.22. The van der Waals surface area contributed by atoms with Gasteiger partial charge in [0.15, 0.2) is 0 Å². The van der Waals surface area contributed by atoms with Gasteiger partial charge in [0.05, 0.1) is 24.3 Å². The minimum Gasteiger partial charge on any atom is -0.462 e. The van der Waals surface area contributed by atoms with Gasteiger partial charge in [0.1, 0.15) is 0 Å². The van der Waals surface area contributed by atoms with Crippen molar-refractivity contribution in [3.05, 3.63) is 83.9 Å². The van der Waals surface area contributed by atoms with Crippen molar-refractivity contribution >= 4 is 11.9 Å². The van der Waals surface area contributed by atoms with Crippen LogP contribution in [0.2, 0.25) is 0 Å². The van der Waals surface area contributed by atoms with Gasteiger partial charge >= 0.3 is 11.9 Å². The number of esters is 2. The number of ether oxygens (including phenoxy) is 2. The molecule has 0 amide bonds. The Morgan fingerprint density at radius 3 is 1.29 bits per heavy atom. The lowest BCUT2D eigenvalue weighted by atomic mass is 9.89. The molecule has 0 aliphatic heterocycles. The molecule has 0 N–H and O–H groups in total. The highest BCUT2D eigenvalue weighted by atomic mass is 16.5. The molecule has 28 heavy (non-hydrogen) atoms. The van der Waals surface area contributed by atoms with Crippen LogP contribution >= 0.6 is 0 Å². The van der Waals surface area contributed by atoms with E-state index in [4.69, 9.17) is 9.47 Å². The number of carbonyl (C=O) groups is 2. The molecule has 142 valence electrons. The predicted octanol–water partition coefficient (Wildman–Crippen LogP) is 5.37. The highest BCUT2D eigenvalue weighted by Crippen LogP contribution is 2.34. The molecule has 3 aromatic rings. The quantitative estimate of drug-likeness (QED) is 0.544. The van der Waals surface area contributed by atoms with Gasteiger partial charge in [-0.1, -0.05) is 72.8 Å². The standard InChI is InChI=1S/C24H22O4/c1-3-27-23(25)21-19(17-11-7-5-8-12-17)15-16-20(18-13-9-6-10-14-18)22(21)24(26)28-4-2/h5-16H,3-4H2,1-2H3. The molecule has 0 saturated heterocycles. The molecular weight excluding hydrogens is 352 g/mol. The third-order valence-electron chi connectivity index (χ3n) is 4.33. The smallest absolute Gasteiger partial charge is 0.339 e. The molecule has 3 aromatic carbocycles. The largest absolute Gasteiger partial charge is 0.462 e. The lowest BCUT2D eigenvalue weighted by Crippen LogP contribution is -2.17. The van der Waals surface area contributed by atoms with Crippen molar-refractivity contribution in [1.82, 2.24) is 0 Å². The maximum atomic E-state index is 12.9. The molecule has 0 atom stereocenters. The molecule has 0 heterocycles. The second-order valence-electron chi connectivity index (χ2n) is 6.08. The molecule has 3 rings (SSSR count). The van der Waals surface area contributed by atoms with Crippen LogP contribution in [-0.2, 0) is 9.47 Å². The monoisotopic (exact) mass is 374 g/mol. The average molecular weight is 374 g/mol. The van der Waals surface area contributed by atoms with Gasteiger partial charge in [-0.3, -0.25) is 0 Å². The Bertz CT molecular complexity index is 882. The van der Waals surface area contributed by atoms with Crippen molar-refractivity contribution in [3.63, 3.8) is 0 Å². The Morgan fingerprint density at radius 2 is 0.964 bits per heavy atom. The van der Waals surface area contributed by atoms with E-state index in [1.807, 2.05) is 72.8 Å². The lowest BCUT2D eigenvalue weighted by Gasteiger charge is -2.17. The third-order valence-corrected chi connectivity index (χ3v) is 4.33. The fourth-order valence-electron chi connectivity index (χ4n) is 3.15. The summed E-state index contributed by atoms with van der Waals surface area (Å²) in [6, 6.07) is 22.7. The van der Waals surface area contributed by atoms with Crippen LogP contribution < -0.4 is 0 Å². The van der Waals surface area contributed by atoms with Gasteiger partial charge in [0.25, 0.3) is 0 Å². The van der Waals surface area contributed by atoms with Gasteiger partial charge in [-0.2, -0.15) is 0 Å². The van der Waals surface area contributed by atoms with Crippen molar-refractivity contribution in [2.75, 3.05) is 13.2 Å². The zero-order valence-corrected chi connectivity index (χ0v) is 16.0. The lowest BCUT2D eigenvalue weighted by molar-refractivity contribution is 0.0480. The maximum absolute atomic E-state index is 12.9. The molecule has 0 fully saturated rings. The van der Waals surface area contributed by atoms with E-state index >= 15 is 0 Å². The molecule has 0 bridgehead atoms. The van der Waals surface area contributed by atoms with Gasteiger partial charge < -0.3 is 9.47 Å². The fourth-order valence-corrected chi connectivity index (χ4v) is 3.15. The summed E-state index contributed by atoms with van der Waals surface area (Å²) < 4.78 is 10.6. The van der Waals surface area contributed by atoms with Gasteiger partial charge in [0, 0.05) is 0 Å². The third kappa shape index (κ3) is 3.96. The summed E-state index contributed by atoms with van der Waals surface area (Å²) in [4.78, 5) is 25.8. The molecule has 0 spiro atoms. The number of rotatable bonds is 6. The summed E-state index contributed by atoms with van der Waals surface area (Å²) in [6.45, 7) is 3.91. The molecule has 0 unspecified atom stereocenters. The minimum absolute atomic E-state index is 0.213. The van der Waals surface area contributed by atoms with Crippen LogP contribution in [0.3, 0.4) is 0 Å². The van der Waals surface area contributed by atoms with Crippen molar-refractivity contribution in [2.45, 2.75) is 13.8 Å². The first kappa shape index (κ1) is 19.4. The van der Waals surface area contributed by atoms with Crippen molar-refractivity contribution < 1.29 is 19.1 Å². The predicted molar refractivity (Wildman–Crippen MR) is 109 cm³/mol. The number of hydrogen-bond acceptors (Lipinski definition) is 4. The van der Waals surface area contributed by atoms with E-state index in [1.165, 1.54) is 0 Å². The maximum Gasteiger partial charge on any atom is 0.339 e. The van der Waals surface area contributed by atoms with E-state index in [-0.39, 0.29) is 24.3 Å². The molecule has 0 aliphatic carbocycles. The van der Waals surface area contributed by atoms with Crippen LogP contribution in [0.25, 0.3) is 22.3 Å². The zero-order valence-electron chi connectivity index (χ0n) is 16.0. The summed E-state index contributed by atoms with van der Waals surface area (Å²) in [5.41, 5.74) is 3.40. The Balaban J connectivity index is 2.33. The number of benzene rings is 3. The first-order chi connectivity index (χ1) is 13.7. The Labute approximate surface area is 164 Å². The van der Waals surface area contributed by atoms with Crippen molar-refractivity contribution in [1.29, 1.82) is 0 Å². The summed E-state index contributed by atoms with van der Waals surface area (Å²) in [7, 11) is 0. The molecule has 0 aliphatic rings. The van der Waals surface area contributed by atoms with Gasteiger partial charge in [0.2, 0.25) is 0 Å². The molecular formula is C24H22O4. The van der Waals surface area contributed by atoms with E-state index in [1.54, 1.807) is 13.8 Å². The molecule has 4 heteroatoms. The minimum atomic E-state index is -0.540. The molecule has 0 saturated carbocycles. The molecule has 0 aromatic heterocycles. The van der Waals surface area contributed by atoms with Gasteiger partial charge in [-0.05, 0) is 36.1 Å². The van der Waals surface area contributed by atoms with E-state index in [2.05, 4.69) is 0 Å². The van der Waals surface area contributed by atoms with Crippen LogP contribution in [0.4, 0.5) is 0 Å². The second-order valence-corrected chi connectivity index (χ2v) is 6.08. The zero-order chi connectivity index (χ0) is 19.9. The summed E-state index contributed by atoms with van der Waals surface area (Å²) in [5, 5.41) is 0. The average Bonchev–Trinajstić information content (AvgIpc) is 2.74. The van der Waals surface area contributed by atoms with Gasteiger partial charge in [-0.25, -0.2) is 9.59 Å². The van der Waals surface area contributed by atoms with Crippen LogP contribution in [0, 0.1) is 0 Å². The van der Waals surface area contributed by atoms with Crippen LogP contribution in [-0.4, -0.2) is 25.2 Å². The summed E-state index contributed by atoms with van der Waals surface area (Å²) >= 11 is 0. The highest BCUT2D eigenvalue weighted by molar-refractivity contribution is 6.11.